The number of aliphatic hydroxyl groups is 2. The third-order valence-electron chi connectivity index (χ3n) is 2.04. The minimum Gasteiger partial charge on any atom is -0.367 e. The Hall–Kier alpha value is -0.0100. The first kappa shape index (κ1) is 15.0. The van der Waals surface area contributed by atoms with Crippen molar-refractivity contribution in [1.29, 1.82) is 0 Å². The number of phosphoric ester groups is 1. The van der Waals surface area contributed by atoms with Crippen LogP contribution in [-0.2, 0) is 9.09 Å². The summed E-state index contributed by atoms with van der Waals surface area (Å²) in [7, 11) is -4.61. The van der Waals surface area contributed by atoms with Crippen LogP contribution in [-0.4, -0.2) is 38.6 Å². The highest BCUT2D eigenvalue weighted by atomic mass is 31.2. The molecular formula is C7H18NO6P. The molecule has 0 aliphatic heterocycles. The van der Waals surface area contributed by atoms with Gasteiger partial charge >= 0.3 is 7.82 Å². The summed E-state index contributed by atoms with van der Waals surface area (Å²) in [5, 5.41) is 19.9. The van der Waals surface area contributed by atoms with Crippen molar-refractivity contribution in [2.24, 2.45) is 0 Å². The Balaban J connectivity index is 4.51. The summed E-state index contributed by atoms with van der Waals surface area (Å²) in [5.74, 6) is 0. The molecule has 8 heteroatoms. The number of hydrogen-bond donors (Lipinski definition) is 5. The smallest absolute Gasteiger partial charge is 0.367 e. The molecule has 5 N–H and O–H groups in total. The molecule has 0 saturated carbocycles. The Labute approximate surface area is 88.3 Å². The molecule has 92 valence electrons. The van der Waals surface area contributed by atoms with Gasteiger partial charge in [-0.15, -0.1) is 0 Å². The molecule has 0 unspecified atom stereocenters. The lowest BCUT2D eigenvalue weighted by atomic mass is 10.1. The average molecular weight is 243 g/mol. The number of hydrogen-bond acceptors (Lipinski definition) is 5. The van der Waals surface area contributed by atoms with Crippen molar-refractivity contribution in [3.63, 3.8) is 0 Å². The maximum atomic E-state index is 10.7. The molecule has 0 aromatic heterocycles. The zero-order valence-electron chi connectivity index (χ0n) is 8.75. The number of rotatable bonds is 7. The van der Waals surface area contributed by atoms with Crippen LogP contribution in [0.5, 0.6) is 0 Å². The molecule has 0 rings (SSSR count). The van der Waals surface area contributed by atoms with Crippen molar-refractivity contribution in [2.75, 3.05) is 6.54 Å². The van der Waals surface area contributed by atoms with E-state index in [9.17, 15) is 4.57 Å². The Kier molecular flexibility index (Phi) is 5.90. The largest absolute Gasteiger partial charge is 0.471 e. The second-order valence-electron chi connectivity index (χ2n) is 3.14. The predicted octanol–water partition coefficient (Wildman–Crippen LogP) is -0.488. The van der Waals surface area contributed by atoms with E-state index in [0.29, 0.717) is 12.8 Å². The molecule has 0 aromatic carbocycles. The average Bonchev–Trinajstić information content (AvgIpc) is 2.10. The highest BCUT2D eigenvalue weighted by Gasteiger charge is 2.34. The molecule has 0 bridgehead atoms. The van der Waals surface area contributed by atoms with E-state index >= 15 is 0 Å². The summed E-state index contributed by atoms with van der Waals surface area (Å²) in [4.78, 5) is 17.4. The quantitative estimate of drug-likeness (QED) is 0.302. The lowest BCUT2D eigenvalue weighted by Crippen LogP contribution is -2.48. The first-order valence-electron chi connectivity index (χ1n) is 4.62. The normalized spacial score (nSPS) is 13.5. The zero-order chi connectivity index (χ0) is 12.1. The lowest BCUT2D eigenvalue weighted by molar-refractivity contribution is -0.0682. The fraction of sp³-hybridized carbons (Fsp3) is 1.00. The summed E-state index contributed by atoms with van der Waals surface area (Å²) < 4.78 is 15.3. The van der Waals surface area contributed by atoms with Gasteiger partial charge in [0, 0.05) is 6.54 Å². The molecule has 0 spiro atoms. The molecule has 0 amide bonds. The van der Waals surface area contributed by atoms with E-state index in [2.05, 4.69) is 9.84 Å². The Morgan fingerprint density at radius 1 is 1.33 bits per heavy atom. The minimum absolute atomic E-state index is 0.221. The molecule has 0 atom stereocenters. The van der Waals surface area contributed by atoms with E-state index < -0.39 is 19.8 Å². The molecule has 0 radical (unpaired) electrons. The van der Waals surface area contributed by atoms with E-state index in [0.717, 1.165) is 0 Å². The highest BCUT2D eigenvalue weighted by Crippen LogP contribution is 2.42. The minimum atomic E-state index is -4.61. The SMILES string of the molecule is CCC(CC)(NCC(O)O)OP(=O)(O)O. The van der Waals surface area contributed by atoms with Gasteiger partial charge in [-0.1, -0.05) is 13.8 Å². The summed E-state index contributed by atoms with van der Waals surface area (Å²) >= 11 is 0. The second-order valence-corrected chi connectivity index (χ2v) is 4.31. The van der Waals surface area contributed by atoms with E-state index in [-0.39, 0.29) is 6.54 Å². The monoisotopic (exact) mass is 243 g/mol. The fourth-order valence-electron chi connectivity index (χ4n) is 1.17. The molecule has 15 heavy (non-hydrogen) atoms. The number of aliphatic hydroxyl groups excluding tert-OH is 1. The van der Waals surface area contributed by atoms with E-state index in [4.69, 9.17) is 20.0 Å². The molecule has 0 aliphatic carbocycles. The molecule has 0 heterocycles. The van der Waals surface area contributed by atoms with Gasteiger partial charge in [0.15, 0.2) is 6.29 Å². The van der Waals surface area contributed by atoms with Crippen LogP contribution in [0.25, 0.3) is 0 Å². The van der Waals surface area contributed by atoms with Gasteiger partial charge in [0.05, 0.1) is 0 Å². The van der Waals surface area contributed by atoms with Crippen LogP contribution >= 0.6 is 7.82 Å². The van der Waals surface area contributed by atoms with E-state index in [1.54, 1.807) is 13.8 Å². The van der Waals surface area contributed by atoms with Crippen LogP contribution in [0.15, 0.2) is 0 Å². The molecule has 0 aliphatic rings. The van der Waals surface area contributed by atoms with Crippen molar-refractivity contribution in [3.05, 3.63) is 0 Å². The van der Waals surface area contributed by atoms with Crippen molar-refractivity contribution < 1.29 is 29.1 Å². The van der Waals surface area contributed by atoms with Crippen LogP contribution in [0.3, 0.4) is 0 Å². The fourth-order valence-corrected chi connectivity index (χ4v) is 1.94. The molecule has 0 fully saturated rings. The van der Waals surface area contributed by atoms with Crippen LogP contribution in [0.4, 0.5) is 0 Å². The van der Waals surface area contributed by atoms with Crippen molar-refractivity contribution in [3.8, 4) is 0 Å². The zero-order valence-corrected chi connectivity index (χ0v) is 9.65. The van der Waals surface area contributed by atoms with Gasteiger partial charge in [-0.05, 0) is 12.8 Å². The number of nitrogens with one attached hydrogen (secondary N) is 1. The van der Waals surface area contributed by atoms with E-state index in [1.807, 2.05) is 0 Å². The summed E-state index contributed by atoms with van der Waals surface area (Å²) in [5.41, 5.74) is -1.23. The van der Waals surface area contributed by atoms with Crippen molar-refractivity contribution >= 4 is 7.82 Å². The Morgan fingerprint density at radius 3 is 2.07 bits per heavy atom. The predicted molar refractivity (Wildman–Crippen MR) is 52.7 cm³/mol. The van der Waals surface area contributed by atoms with Gasteiger partial charge in [-0.2, -0.15) is 0 Å². The van der Waals surface area contributed by atoms with Gasteiger partial charge < -0.3 is 20.0 Å². The first-order chi connectivity index (χ1) is 6.74. The van der Waals surface area contributed by atoms with Crippen LogP contribution in [0, 0.1) is 0 Å². The maximum Gasteiger partial charge on any atom is 0.471 e. The lowest BCUT2D eigenvalue weighted by Gasteiger charge is -2.33. The second kappa shape index (κ2) is 5.91. The topological polar surface area (TPSA) is 119 Å². The van der Waals surface area contributed by atoms with Crippen LogP contribution < -0.4 is 5.32 Å². The third kappa shape index (κ3) is 6.21. The first-order valence-corrected chi connectivity index (χ1v) is 6.15. The molecular weight excluding hydrogens is 225 g/mol. The van der Waals surface area contributed by atoms with Crippen LogP contribution in [0.2, 0.25) is 0 Å². The van der Waals surface area contributed by atoms with Gasteiger partial charge in [0.2, 0.25) is 0 Å². The van der Waals surface area contributed by atoms with Gasteiger partial charge in [-0.3, -0.25) is 9.84 Å². The molecule has 0 saturated heterocycles. The highest BCUT2D eigenvalue weighted by molar-refractivity contribution is 7.46. The summed E-state index contributed by atoms with van der Waals surface area (Å²) in [6.45, 7) is 3.13. The maximum absolute atomic E-state index is 10.7. The molecule has 0 aromatic rings. The number of phosphoric acid groups is 1. The summed E-state index contributed by atoms with van der Waals surface area (Å²) in [6, 6.07) is 0. The Morgan fingerprint density at radius 2 is 1.80 bits per heavy atom. The van der Waals surface area contributed by atoms with Crippen molar-refractivity contribution in [2.45, 2.75) is 38.7 Å². The van der Waals surface area contributed by atoms with Crippen molar-refractivity contribution in [1.82, 2.24) is 5.32 Å². The van der Waals surface area contributed by atoms with E-state index in [1.165, 1.54) is 0 Å². The standard InChI is InChI=1S/C7H18NO6P/c1-3-7(4-2,8-5-6(9)10)14-15(11,12)13/h6,8-10H,3-5H2,1-2H3,(H2,11,12,13). The molecule has 7 nitrogen and oxygen atoms in total. The van der Waals surface area contributed by atoms with Gasteiger partial charge in [0.25, 0.3) is 0 Å². The summed E-state index contributed by atoms with van der Waals surface area (Å²) in [6.07, 6.45) is -1.01. The third-order valence-corrected chi connectivity index (χ3v) is 2.63. The van der Waals surface area contributed by atoms with Gasteiger partial charge in [0.1, 0.15) is 5.72 Å². The van der Waals surface area contributed by atoms with Crippen LogP contribution in [0.1, 0.15) is 26.7 Å². The Bertz CT molecular complexity index is 224. The van der Waals surface area contributed by atoms with Gasteiger partial charge in [-0.25, -0.2) is 4.57 Å².